The second-order valence-corrected chi connectivity index (χ2v) is 2.77. The Hall–Kier alpha value is -1.28. The summed E-state index contributed by atoms with van der Waals surface area (Å²) in [4.78, 5) is 7.10. The molecule has 0 saturated carbocycles. The van der Waals surface area contributed by atoms with Gasteiger partial charge in [-0.2, -0.15) is 0 Å². The minimum atomic E-state index is 0.601. The third-order valence-corrected chi connectivity index (χ3v) is 1.76. The fourth-order valence-corrected chi connectivity index (χ4v) is 1.19. The van der Waals surface area contributed by atoms with Crippen LogP contribution >= 0.6 is 11.6 Å². The number of H-pyrrole nitrogens is 1. The van der Waals surface area contributed by atoms with Gasteiger partial charge >= 0.3 is 0 Å². The average Bonchev–Trinajstić information content (AvgIpc) is 2.56. The number of imidazole rings is 1. The van der Waals surface area contributed by atoms with Crippen molar-refractivity contribution < 1.29 is 0 Å². The van der Waals surface area contributed by atoms with Crippen molar-refractivity contribution >= 4 is 11.6 Å². The molecule has 1 aromatic carbocycles. The molecule has 59 valence electrons. The molecule has 1 heterocycles. The van der Waals surface area contributed by atoms with Crippen molar-refractivity contribution in [2.75, 3.05) is 0 Å². The van der Waals surface area contributed by atoms with Gasteiger partial charge in [0.15, 0.2) is 0 Å². The molecule has 1 N–H and O–H groups in total. The van der Waals surface area contributed by atoms with E-state index in [0.29, 0.717) is 5.02 Å². The first-order valence-electron chi connectivity index (χ1n) is 3.53. The van der Waals surface area contributed by atoms with E-state index in [4.69, 9.17) is 11.6 Å². The summed E-state index contributed by atoms with van der Waals surface area (Å²) < 4.78 is 0. The van der Waals surface area contributed by atoms with Crippen molar-refractivity contribution in [3.05, 3.63) is 41.7 Å². The van der Waals surface area contributed by atoms with Crippen LogP contribution in [0.3, 0.4) is 0 Å². The molecule has 0 aliphatic rings. The van der Waals surface area contributed by atoms with Crippen molar-refractivity contribution in [3.63, 3.8) is 0 Å². The average molecular weight is 178 g/mol. The second-order valence-electron chi connectivity index (χ2n) is 2.36. The highest BCUT2D eigenvalue weighted by Gasteiger charge is 1.98. The zero-order valence-electron chi connectivity index (χ0n) is 6.21. The molecule has 0 saturated heterocycles. The molecule has 2 rings (SSSR count). The Morgan fingerprint density at radius 3 is 3.08 bits per heavy atom. The molecule has 0 fully saturated rings. The van der Waals surface area contributed by atoms with Crippen LogP contribution in [0.1, 0.15) is 0 Å². The predicted octanol–water partition coefficient (Wildman–Crippen LogP) is 2.53. The van der Waals surface area contributed by atoms with Gasteiger partial charge in [-0.3, -0.25) is 0 Å². The lowest BCUT2D eigenvalue weighted by atomic mass is 10.2. The summed E-state index contributed by atoms with van der Waals surface area (Å²) in [7, 11) is 0. The molecule has 1 radical (unpaired) electrons. The standard InChI is InChI=1S/C9H6ClN2/c10-8-3-1-2-7(6-8)9-11-4-5-12-9/h1-2,4-6H,(H,11,12). The van der Waals surface area contributed by atoms with Crippen molar-refractivity contribution in [1.82, 2.24) is 9.97 Å². The van der Waals surface area contributed by atoms with E-state index in [2.05, 4.69) is 16.0 Å². The molecule has 0 atom stereocenters. The molecule has 0 amide bonds. The zero-order valence-corrected chi connectivity index (χ0v) is 6.97. The smallest absolute Gasteiger partial charge is 0.137 e. The minimum Gasteiger partial charge on any atom is -0.345 e. The molecule has 12 heavy (non-hydrogen) atoms. The van der Waals surface area contributed by atoms with E-state index in [1.54, 1.807) is 18.5 Å². The van der Waals surface area contributed by atoms with E-state index in [1.165, 1.54) is 0 Å². The highest BCUT2D eigenvalue weighted by molar-refractivity contribution is 6.30. The number of hydrogen-bond donors (Lipinski definition) is 1. The molecule has 0 aliphatic carbocycles. The summed E-state index contributed by atoms with van der Waals surface area (Å²) >= 11 is 5.76. The summed E-state index contributed by atoms with van der Waals surface area (Å²) in [6.07, 6.45) is 3.49. The minimum absolute atomic E-state index is 0.601. The van der Waals surface area contributed by atoms with Crippen LogP contribution < -0.4 is 0 Å². The first kappa shape index (κ1) is 7.37. The Kier molecular flexibility index (Phi) is 1.84. The number of aromatic amines is 1. The first-order valence-corrected chi connectivity index (χ1v) is 3.91. The second kappa shape index (κ2) is 2.99. The normalized spacial score (nSPS) is 10.1. The quantitative estimate of drug-likeness (QED) is 0.713. The molecule has 0 bridgehead atoms. The van der Waals surface area contributed by atoms with Gasteiger partial charge in [0, 0.05) is 29.0 Å². The van der Waals surface area contributed by atoms with Gasteiger partial charge in [-0.05, 0) is 6.07 Å². The Morgan fingerprint density at radius 1 is 1.50 bits per heavy atom. The summed E-state index contributed by atoms with van der Waals surface area (Å²) in [6.45, 7) is 0. The topological polar surface area (TPSA) is 28.7 Å². The number of benzene rings is 1. The first-order chi connectivity index (χ1) is 5.86. The maximum Gasteiger partial charge on any atom is 0.137 e. The summed E-state index contributed by atoms with van der Waals surface area (Å²) in [6, 6.07) is 8.36. The zero-order chi connectivity index (χ0) is 8.39. The van der Waals surface area contributed by atoms with Crippen LogP contribution in [-0.4, -0.2) is 9.97 Å². The molecule has 2 aromatic rings. The van der Waals surface area contributed by atoms with Gasteiger partial charge in [-0.1, -0.05) is 23.7 Å². The van der Waals surface area contributed by atoms with Gasteiger partial charge in [0.05, 0.1) is 0 Å². The van der Waals surface area contributed by atoms with Crippen LogP contribution in [0.25, 0.3) is 11.4 Å². The largest absolute Gasteiger partial charge is 0.345 e. The molecule has 3 heteroatoms. The third-order valence-electron chi connectivity index (χ3n) is 1.54. The van der Waals surface area contributed by atoms with Gasteiger partial charge in [0.25, 0.3) is 0 Å². The van der Waals surface area contributed by atoms with Gasteiger partial charge in [-0.25, -0.2) is 4.98 Å². The highest BCUT2D eigenvalue weighted by Crippen LogP contribution is 2.17. The van der Waals surface area contributed by atoms with Gasteiger partial charge in [0.2, 0.25) is 0 Å². The molecule has 0 aliphatic heterocycles. The van der Waals surface area contributed by atoms with E-state index in [-0.39, 0.29) is 0 Å². The molecule has 1 aromatic heterocycles. The van der Waals surface area contributed by atoms with Gasteiger partial charge < -0.3 is 4.98 Å². The summed E-state index contributed by atoms with van der Waals surface area (Å²) in [5, 5.41) is 0.601. The fourth-order valence-electron chi connectivity index (χ4n) is 1.01. The van der Waals surface area contributed by atoms with E-state index >= 15 is 0 Å². The molecule has 0 unspecified atom stereocenters. The van der Waals surface area contributed by atoms with Crippen LogP contribution in [0.15, 0.2) is 30.6 Å². The number of rotatable bonds is 1. The Balaban J connectivity index is 2.48. The highest BCUT2D eigenvalue weighted by atomic mass is 35.5. The SMILES string of the molecule is Clc1[c]ccc(-c2ncc[nH]2)c1. The Labute approximate surface area is 75.2 Å². The number of halogens is 1. The maximum atomic E-state index is 5.76. The predicted molar refractivity (Wildman–Crippen MR) is 47.9 cm³/mol. The Morgan fingerprint density at radius 2 is 2.42 bits per heavy atom. The van der Waals surface area contributed by atoms with Crippen LogP contribution in [0.5, 0.6) is 0 Å². The van der Waals surface area contributed by atoms with E-state index < -0.39 is 0 Å². The molecular weight excluding hydrogens is 172 g/mol. The van der Waals surface area contributed by atoms with E-state index in [1.807, 2.05) is 12.1 Å². The van der Waals surface area contributed by atoms with E-state index in [9.17, 15) is 0 Å². The van der Waals surface area contributed by atoms with Crippen molar-refractivity contribution in [1.29, 1.82) is 0 Å². The maximum absolute atomic E-state index is 5.76. The fraction of sp³-hybridized carbons (Fsp3) is 0. The lowest BCUT2D eigenvalue weighted by Gasteiger charge is -1.95. The number of aromatic nitrogens is 2. The van der Waals surface area contributed by atoms with Gasteiger partial charge in [0.1, 0.15) is 5.82 Å². The third kappa shape index (κ3) is 1.34. The van der Waals surface area contributed by atoms with Crippen LogP contribution in [0.2, 0.25) is 5.02 Å². The van der Waals surface area contributed by atoms with Crippen LogP contribution in [0, 0.1) is 6.07 Å². The molecule has 2 nitrogen and oxygen atoms in total. The van der Waals surface area contributed by atoms with Crippen molar-refractivity contribution in [2.45, 2.75) is 0 Å². The van der Waals surface area contributed by atoms with Crippen LogP contribution in [0.4, 0.5) is 0 Å². The number of nitrogens with one attached hydrogen (secondary N) is 1. The Bertz CT molecular complexity index is 368. The monoisotopic (exact) mass is 177 g/mol. The summed E-state index contributed by atoms with van der Waals surface area (Å²) in [5.74, 6) is 0.825. The van der Waals surface area contributed by atoms with Crippen molar-refractivity contribution in [2.24, 2.45) is 0 Å². The summed E-state index contributed by atoms with van der Waals surface area (Å²) in [5.41, 5.74) is 0.976. The van der Waals surface area contributed by atoms with Crippen LogP contribution in [-0.2, 0) is 0 Å². The van der Waals surface area contributed by atoms with E-state index in [0.717, 1.165) is 11.4 Å². The molecule has 0 spiro atoms. The number of hydrogen-bond acceptors (Lipinski definition) is 1. The van der Waals surface area contributed by atoms with Crippen molar-refractivity contribution in [3.8, 4) is 11.4 Å². The molecular formula is C9H6ClN2. The van der Waals surface area contributed by atoms with Gasteiger partial charge in [-0.15, -0.1) is 0 Å². The lowest BCUT2D eigenvalue weighted by molar-refractivity contribution is 1.31. The number of nitrogens with zero attached hydrogens (tertiary/aromatic N) is 1. The lowest BCUT2D eigenvalue weighted by Crippen LogP contribution is -1.78.